The van der Waals surface area contributed by atoms with Gasteiger partial charge in [-0.15, -0.1) is 0 Å². The van der Waals surface area contributed by atoms with E-state index in [0.717, 1.165) is 31.4 Å². The lowest BCUT2D eigenvalue weighted by Gasteiger charge is -2.35. The molecule has 0 saturated carbocycles. The molecule has 0 aliphatic carbocycles. The molecule has 0 bridgehead atoms. The van der Waals surface area contributed by atoms with Gasteiger partial charge in [-0.3, -0.25) is 0 Å². The van der Waals surface area contributed by atoms with Crippen LogP contribution in [0, 0.1) is 5.82 Å². The lowest BCUT2D eigenvalue weighted by Crippen LogP contribution is -2.48. The molecule has 0 aromatic heterocycles. The largest absolute Gasteiger partial charge is 0.334 e. The summed E-state index contributed by atoms with van der Waals surface area (Å²) in [6.07, 6.45) is 4.31. The number of urea groups is 1. The highest BCUT2D eigenvalue weighted by Gasteiger charge is 2.24. The zero-order chi connectivity index (χ0) is 14.5. The van der Waals surface area contributed by atoms with Crippen LogP contribution in [0.25, 0.3) is 0 Å². The van der Waals surface area contributed by atoms with Crippen LogP contribution in [0.4, 0.5) is 9.18 Å². The fourth-order valence-electron chi connectivity index (χ4n) is 2.62. The average molecular weight is 299 g/mol. The Labute approximate surface area is 124 Å². The van der Waals surface area contributed by atoms with Gasteiger partial charge in [-0.25, -0.2) is 9.18 Å². The minimum Gasteiger partial charge on any atom is -0.334 e. The Hall–Kier alpha value is -1.29. The highest BCUT2D eigenvalue weighted by molar-refractivity contribution is 6.30. The highest BCUT2D eigenvalue weighted by atomic mass is 35.5. The molecule has 1 fully saturated rings. The van der Waals surface area contributed by atoms with Crippen LogP contribution in [0.1, 0.15) is 38.2 Å². The number of nitrogens with zero attached hydrogens (tertiary/aromatic N) is 1. The Morgan fingerprint density at radius 3 is 3.00 bits per heavy atom. The number of amides is 2. The lowest BCUT2D eigenvalue weighted by atomic mass is 10.0. The summed E-state index contributed by atoms with van der Waals surface area (Å²) in [5, 5.41) is 2.97. The summed E-state index contributed by atoms with van der Waals surface area (Å²) in [5.41, 5.74) is 0.801. The third kappa shape index (κ3) is 3.63. The second-order valence-corrected chi connectivity index (χ2v) is 5.57. The highest BCUT2D eigenvalue weighted by Crippen LogP contribution is 2.20. The van der Waals surface area contributed by atoms with E-state index in [4.69, 9.17) is 11.6 Å². The van der Waals surface area contributed by atoms with Crippen molar-refractivity contribution in [1.82, 2.24) is 10.2 Å². The summed E-state index contributed by atoms with van der Waals surface area (Å²) >= 11 is 5.73. The quantitative estimate of drug-likeness (QED) is 0.900. The zero-order valence-electron chi connectivity index (χ0n) is 11.7. The van der Waals surface area contributed by atoms with Crippen molar-refractivity contribution < 1.29 is 9.18 Å². The van der Waals surface area contributed by atoms with Crippen molar-refractivity contribution in [1.29, 1.82) is 0 Å². The third-order valence-electron chi connectivity index (χ3n) is 3.79. The van der Waals surface area contributed by atoms with Gasteiger partial charge in [0.25, 0.3) is 0 Å². The van der Waals surface area contributed by atoms with Crippen LogP contribution in [0.5, 0.6) is 0 Å². The van der Waals surface area contributed by atoms with Crippen LogP contribution in [0.15, 0.2) is 18.2 Å². The Morgan fingerprint density at radius 2 is 2.30 bits per heavy atom. The monoisotopic (exact) mass is 298 g/mol. The minimum atomic E-state index is -0.441. The Kier molecular flexibility index (Phi) is 5.24. The van der Waals surface area contributed by atoms with Crippen LogP contribution in [0.2, 0.25) is 5.02 Å². The van der Waals surface area contributed by atoms with Crippen LogP contribution in [-0.4, -0.2) is 23.5 Å². The van der Waals surface area contributed by atoms with Gasteiger partial charge in [-0.05, 0) is 43.4 Å². The van der Waals surface area contributed by atoms with Gasteiger partial charge in [0.1, 0.15) is 5.82 Å². The molecule has 5 heteroatoms. The molecule has 2 amide bonds. The van der Waals surface area contributed by atoms with Crippen LogP contribution in [-0.2, 0) is 6.54 Å². The Morgan fingerprint density at radius 1 is 1.50 bits per heavy atom. The number of nitrogens with one attached hydrogen (secondary N) is 1. The molecule has 0 spiro atoms. The van der Waals surface area contributed by atoms with Crippen molar-refractivity contribution in [2.45, 2.75) is 45.2 Å². The van der Waals surface area contributed by atoms with Crippen molar-refractivity contribution in [3.63, 3.8) is 0 Å². The maximum Gasteiger partial charge on any atom is 0.317 e. The normalized spacial score (nSPS) is 18.9. The molecule has 1 aliphatic rings. The van der Waals surface area contributed by atoms with Gasteiger partial charge in [-0.1, -0.05) is 24.6 Å². The number of halogens is 2. The van der Waals surface area contributed by atoms with Crippen molar-refractivity contribution in [2.75, 3.05) is 6.54 Å². The smallest absolute Gasteiger partial charge is 0.317 e. The number of piperidine rings is 1. The van der Waals surface area contributed by atoms with Crippen molar-refractivity contribution in [3.8, 4) is 0 Å². The van der Waals surface area contributed by atoms with Crippen LogP contribution < -0.4 is 5.32 Å². The first-order valence-corrected chi connectivity index (χ1v) is 7.48. The topological polar surface area (TPSA) is 32.3 Å². The average Bonchev–Trinajstić information content (AvgIpc) is 2.48. The van der Waals surface area contributed by atoms with E-state index in [1.165, 1.54) is 12.5 Å². The summed E-state index contributed by atoms with van der Waals surface area (Å²) < 4.78 is 13.1. The molecule has 1 heterocycles. The molecule has 1 aromatic rings. The summed E-state index contributed by atoms with van der Waals surface area (Å²) in [5.74, 6) is -0.441. The minimum absolute atomic E-state index is 0.0444. The van der Waals surface area contributed by atoms with E-state index >= 15 is 0 Å². The third-order valence-corrected chi connectivity index (χ3v) is 4.08. The summed E-state index contributed by atoms with van der Waals surface area (Å²) in [4.78, 5) is 14.1. The first kappa shape index (κ1) is 15.1. The van der Waals surface area contributed by atoms with E-state index in [0.29, 0.717) is 12.6 Å². The van der Waals surface area contributed by atoms with E-state index in [9.17, 15) is 9.18 Å². The van der Waals surface area contributed by atoms with Crippen molar-refractivity contribution in [2.24, 2.45) is 0 Å². The van der Waals surface area contributed by atoms with Gasteiger partial charge in [-0.2, -0.15) is 0 Å². The fraction of sp³-hybridized carbons (Fsp3) is 0.533. The van der Waals surface area contributed by atoms with Gasteiger partial charge in [0.15, 0.2) is 0 Å². The first-order valence-electron chi connectivity index (χ1n) is 7.10. The van der Waals surface area contributed by atoms with E-state index in [1.54, 1.807) is 12.1 Å². The SMILES string of the molecule is CCC1CCCCN1C(=O)NCc1ccc(F)c(Cl)c1. The maximum absolute atomic E-state index is 13.1. The van der Waals surface area contributed by atoms with E-state index < -0.39 is 5.82 Å². The summed E-state index contributed by atoms with van der Waals surface area (Å²) in [7, 11) is 0. The molecule has 3 nitrogen and oxygen atoms in total. The molecular formula is C15H20ClFN2O. The fourth-order valence-corrected chi connectivity index (χ4v) is 2.82. The number of carbonyl (C=O) groups excluding carboxylic acids is 1. The van der Waals surface area contributed by atoms with E-state index in [2.05, 4.69) is 12.2 Å². The number of likely N-dealkylation sites (tertiary alicyclic amines) is 1. The molecule has 2 rings (SSSR count). The van der Waals surface area contributed by atoms with E-state index in [-0.39, 0.29) is 11.1 Å². The number of hydrogen-bond donors (Lipinski definition) is 1. The van der Waals surface area contributed by atoms with Gasteiger partial charge in [0.05, 0.1) is 5.02 Å². The lowest BCUT2D eigenvalue weighted by molar-refractivity contribution is 0.148. The number of hydrogen-bond acceptors (Lipinski definition) is 1. The van der Waals surface area contributed by atoms with E-state index in [1.807, 2.05) is 4.90 Å². The van der Waals surface area contributed by atoms with Crippen LogP contribution >= 0.6 is 11.6 Å². The van der Waals surface area contributed by atoms with Crippen LogP contribution in [0.3, 0.4) is 0 Å². The number of carbonyl (C=O) groups is 1. The zero-order valence-corrected chi connectivity index (χ0v) is 12.4. The Bertz CT molecular complexity index is 481. The summed E-state index contributed by atoms with van der Waals surface area (Å²) in [6, 6.07) is 4.79. The molecule has 1 atom stereocenters. The molecule has 110 valence electrons. The maximum atomic E-state index is 13.1. The van der Waals surface area contributed by atoms with Gasteiger partial charge in [0, 0.05) is 19.1 Å². The van der Waals surface area contributed by atoms with Gasteiger partial charge in [0.2, 0.25) is 0 Å². The van der Waals surface area contributed by atoms with Gasteiger partial charge >= 0.3 is 6.03 Å². The molecule has 1 saturated heterocycles. The molecule has 20 heavy (non-hydrogen) atoms. The predicted molar refractivity (Wildman–Crippen MR) is 78.3 cm³/mol. The Balaban J connectivity index is 1.92. The predicted octanol–water partition coefficient (Wildman–Crippen LogP) is 3.95. The summed E-state index contributed by atoms with van der Waals surface area (Å²) in [6.45, 7) is 3.29. The first-order chi connectivity index (χ1) is 9.61. The standard InChI is InChI=1S/C15H20ClFN2O/c1-2-12-5-3-4-8-19(12)15(20)18-10-11-6-7-14(17)13(16)9-11/h6-7,9,12H,2-5,8,10H2,1H3,(H,18,20). The molecule has 1 N–H and O–H groups in total. The number of benzene rings is 1. The second-order valence-electron chi connectivity index (χ2n) is 5.16. The number of rotatable bonds is 3. The molecule has 0 radical (unpaired) electrons. The molecule has 1 aliphatic heterocycles. The van der Waals surface area contributed by atoms with Crippen molar-refractivity contribution >= 4 is 17.6 Å². The molecule has 1 aromatic carbocycles. The molecule has 1 unspecified atom stereocenters. The van der Waals surface area contributed by atoms with Crippen molar-refractivity contribution in [3.05, 3.63) is 34.6 Å². The molecular weight excluding hydrogens is 279 g/mol. The second kappa shape index (κ2) is 6.93. The van der Waals surface area contributed by atoms with Gasteiger partial charge < -0.3 is 10.2 Å².